The van der Waals surface area contributed by atoms with Crippen molar-refractivity contribution >= 4 is 11.8 Å². The van der Waals surface area contributed by atoms with E-state index in [9.17, 15) is 33.0 Å². The number of allylic oxidation sites excluding steroid dienone is 1. The van der Waals surface area contributed by atoms with Crippen molar-refractivity contribution in [2.45, 2.75) is 57.9 Å². The van der Waals surface area contributed by atoms with E-state index in [-0.39, 0.29) is 36.5 Å². The van der Waals surface area contributed by atoms with Crippen LogP contribution < -0.4 is 4.74 Å². The third-order valence-corrected chi connectivity index (χ3v) is 4.92. The number of halogens is 3. The lowest BCUT2D eigenvalue weighted by Gasteiger charge is -2.34. The second kappa shape index (κ2) is 8.44. The van der Waals surface area contributed by atoms with Gasteiger partial charge in [-0.15, -0.1) is 0 Å². The molecule has 3 unspecified atom stereocenters. The number of hydrogen-bond acceptors (Lipinski definition) is 6. The van der Waals surface area contributed by atoms with E-state index in [0.717, 1.165) is 31.2 Å². The van der Waals surface area contributed by atoms with Gasteiger partial charge in [-0.25, -0.2) is 0 Å². The molecule has 1 saturated carbocycles. The molecule has 0 aromatic heterocycles. The summed E-state index contributed by atoms with van der Waals surface area (Å²) in [6.07, 6.45) is -6.07. The molecule has 0 radical (unpaired) electrons. The predicted octanol–water partition coefficient (Wildman–Crippen LogP) is 3.93. The summed E-state index contributed by atoms with van der Waals surface area (Å²) in [6, 6.07) is 3.75. The monoisotopic (exact) mass is 416 g/mol. The zero-order chi connectivity index (χ0) is 22.0. The van der Waals surface area contributed by atoms with Crippen molar-refractivity contribution in [1.29, 1.82) is 0 Å². The number of ketones is 1. The van der Waals surface area contributed by atoms with Crippen molar-refractivity contribution in [3.05, 3.63) is 41.3 Å². The molecule has 3 atom stereocenters. The second-order valence-electron chi connectivity index (χ2n) is 6.80. The zero-order valence-corrected chi connectivity index (χ0v) is 16.2. The number of carbonyl (C=O) groups excluding carboxylic acids is 2. The Morgan fingerprint density at radius 2 is 1.83 bits per heavy atom. The molecule has 1 aromatic carbocycles. The van der Waals surface area contributed by atoms with Crippen LogP contribution in [0.5, 0.6) is 5.75 Å². The van der Waals surface area contributed by atoms with Crippen LogP contribution in [0.1, 0.15) is 45.6 Å². The summed E-state index contributed by atoms with van der Waals surface area (Å²) in [6.45, 7) is 4.30. The number of rotatable bonds is 6. The predicted molar refractivity (Wildman–Crippen MR) is 95.9 cm³/mol. The van der Waals surface area contributed by atoms with Gasteiger partial charge >= 0.3 is 12.1 Å². The molecule has 1 fully saturated rings. The first-order chi connectivity index (χ1) is 13.5. The van der Waals surface area contributed by atoms with Crippen molar-refractivity contribution in [3.63, 3.8) is 0 Å². The number of Topliss-reactive ketones (excluding diaryl/α,β-unsaturated/α-hetero) is 1. The maximum absolute atomic E-state index is 12.8. The molecule has 0 saturated heterocycles. The molecule has 6 nitrogen and oxygen atoms in total. The van der Waals surface area contributed by atoms with Gasteiger partial charge in [-0.05, 0) is 30.7 Å². The Labute approximate surface area is 165 Å². The van der Waals surface area contributed by atoms with Crippen LogP contribution >= 0.6 is 0 Å². The van der Waals surface area contributed by atoms with Gasteiger partial charge in [0.05, 0.1) is 17.6 Å². The van der Waals surface area contributed by atoms with Crippen LogP contribution in [0.4, 0.5) is 13.2 Å². The van der Waals surface area contributed by atoms with Crippen molar-refractivity contribution in [1.82, 2.24) is 0 Å². The molecule has 0 bridgehead atoms. The van der Waals surface area contributed by atoms with E-state index in [4.69, 9.17) is 9.47 Å². The van der Waals surface area contributed by atoms with Crippen molar-refractivity contribution in [2.75, 3.05) is 0 Å². The molecule has 29 heavy (non-hydrogen) atoms. The summed E-state index contributed by atoms with van der Waals surface area (Å²) >= 11 is 0. The minimum absolute atomic E-state index is 0.0179. The van der Waals surface area contributed by atoms with E-state index >= 15 is 0 Å². The lowest BCUT2D eigenvalue weighted by atomic mass is 9.84. The second-order valence-corrected chi connectivity index (χ2v) is 6.80. The first-order valence-electron chi connectivity index (χ1n) is 9.14. The molecule has 0 heterocycles. The highest BCUT2D eigenvalue weighted by atomic mass is 19.4. The van der Waals surface area contributed by atoms with E-state index in [2.05, 4.69) is 0 Å². The highest BCUT2D eigenvalue weighted by molar-refractivity contribution is 5.93. The largest absolute Gasteiger partial charge is 0.509 e. The molecule has 160 valence electrons. The summed E-state index contributed by atoms with van der Waals surface area (Å²) in [7, 11) is 0. The van der Waals surface area contributed by atoms with E-state index in [1.165, 1.54) is 0 Å². The molecule has 9 heteroatoms. The molecule has 2 rings (SSSR count). The molecule has 2 N–H and O–H groups in total. The summed E-state index contributed by atoms with van der Waals surface area (Å²) in [4.78, 5) is 24.2. The molecule has 0 spiro atoms. The van der Waals surface area contributed by atoms with Gasteiger partial charge in [0.15, 0.2) is 17.1 Å². The number of ether oxygens (including phenoxy) is 2. The van der Waals surface area contributed by atoms with Crippen LogP contribution in [-0.2, 0) is 20.5 Å². The van der Waals surface area contributed by atoms with Crippen molar-refractivity contribution in [2.24, 2.45) is 5.92 Å². The summed E-state index contributed by atoms with van der Waals surface area (Å²) in [5, 5.41) is 20.9. The number of alkyl halides is 3. The van der Waals surface area contributed by atoms with Crippen LogP contribution in [0.25, 0.3) is 0 Å². The fraction of sp³-hybridized carbons (Fsp3) is 0.500. The van der Waals surface area contributed by atoms with Gasteiger partial charge in [-0.1, -0.05) is 13.8 Å². The van der Waals surface area contributed by atoms with Gasteiger partial charge in [-0.2, -0.15) is 13.2 Å². The van der Waals surface area contributed by atoms with Gasteiger partial charge in [0.1, 0.15) is 11.5 Å². The van der Waals surface area contributed by atoms with Gasteiger partial charge in [-0.3, -0.25) is 9.59 Å². The number of benzene rings is 1. The number of aliphatic hydroxyl groups is 2. The first-order valence-corrected chi connectivity index (χ1v) is 9.14. The quantitative estimate of drug-likeness (QED) is 0.539. The Hall–Kier alpha value is -2.55. The number of aliphatic hydroxyl groups excluding tert-OH is 2. The molecule has 0 aliphatic heterocycles. The van der Waals surface area contributed by atoms with Crippen molar-refractivity contribution < 1.29 is 42.4 Å². The van der Waals surface area contributed by atoms with E-state index in [0.29, 0.717) is 0 Å². The van der Waals surface area contributed by atoms with Gasteiger partial charge in [0.2, 0.25) is 0 Å². The lowest BCUT2D eigenvalue weighted by Crippen LogP contribution is -2.47. The standard InChI is InChI=1S/C20H23F3O6/c1-4-14(25)18(28-13-8-6-12(7-9-13)20(21,22)23)17-15(26)10-16(27)19(17,5-2)29-11(3)24/h6-9,15,17,25-26H,4-5,10H2,1-3H3/b18-14+. The zero-order valence-electron chi connectivity index (χ0n) is 16.2. The number of esters is 1. The van der Waals surface area contributed by atoms with Crippen LogP contribution in [0, 0.1) is 5.92 Å². The average molecular weight is 416 g/mol. The topological polar surface area (TPSA) is 93.1 Å². The fourth-order valence-electron chi connectivity index (χ4n) is 3.53. The summed E-state index contributed by atoms with van der Waals surface area (Å²) < 4.78 is 49.2. The molecular weight excluding hydrogens is 393 g/mol. The minimum atomic E-state index is -4.52. The normalized spacial score (nSPS) is 25.6. The highest BCUT2D eigenvalue weighted by Crippen LogP contribution is 2.45. The van der Waals surface area contributed by atoms with E-state index < -0.39 is 41.1 Å². The van der Waals surface area contributed by atoms with Gasteiger partial charge in [0.25, 0.3) is 0 Å². The van der Waals surface area contributed by atoms with Crippen LogP contribution in [0.15, 0.2) is 35.8 Å². The number of carbonyl (C=O) groups is 2. The third-order valence-electron chi connectivity index (χ3n) is 4.92. The number of hydrogen-bond donors (Lipinski definition) is 2. The Morgan fingerprint density at radius 3 is 2.28 bits per heavy atom. The highest BCUT2D eigenvalue weighted by Gasteiger charge is 2.59. The Morgan fingerprint density at radius 1 is 1.24 bits per heavy atom. The Bertz CT molecular complexity index is 799. The maximum atomic E-state index is 12.8. The van der Waals surface area contributed by atoms with Crippen LogP contribution in [0.2, 0.25) is 0 Å². The molecular formula is C20H23F3O6. The SMILES string of the molecule is CC/C(O)=C(\Oc1ccc(C(F)(F)F)cc1)C1C(O)CC(=O)C1(CC)OC(C)=O. The fourth-order valence-corrected chi connectivity index (χ4v) is 3.53. The van der Waals surface area contributed by atoms with E-state index in [1.54, 1.807) is 13.8 Å². The summed E-state index contributed by atoms with van der Waals surface area (Å²) in [5.74, 6) is -3.03. The minimum Gasteiger partial charge on any atom is -0.509 e. The Balaban J connectivity index is 2.49. The first kappa shape index (κ1) is 22.7. The van der Waals surface area contributed by atoms with Crippen LogP contribution in [0.3, 0.4) is 0 Å². The Kier molecular flexibility index (Phi) is 6.62. The summed E-state index contributed by atoms with van der Waals surface area (Å²) in [5.41, 5.74) is -2.62. The van der Waals surface area contributed by atoms with Crippen molar-refractivity contribution in [3.8, 4) is 5.75 Å². The van der Waals surface area contributed by atoms with E-state index in [1.807, 2.05) is 0 Å². The molecule has 1 aliphatic rings. The smallest absolute Gasteiger partial charge is 0.416 e. The van der Waals surface area contributed by atoms with Crippen LogP contribution in [-0.4, -0.2) is 33.7 Å². The lowest BCUT2D eigenvalue weighted by molar-refractivity contribution is -0.169. The van der Waals surface area contributed by atoms with Gasteiger partial charge < -0.3 is 19.7 Å². The average Bonchev–Trinajstić information content (AvgIpc) is 2.88. The third kappa shape index (κ3) is 4.55. The molecule has 1 aromatic rings. The maximum Gasteiger partial charge on any atom is 0.416 e. The molecule has 1 aliphatic carbocycles. The molecule has 0 amide bonds. The van der Waals surface area contributed by atoms with Gasteiger partial charge in [0, 0.05) is 19.8 Å².